The molecule has 0 amide bonds. The molecule has 6 heteroatoms. The number of ether oxygens (including phenoxy) is 1. The molecule has 1 unspecified atom stereocenters. The highest BCUT2D eigenvalue weighted by Gasteiger charge is 2.19. The van der Waals surface area contributed by atoms with Crippen LogP contribution in [0.4, 0.5) is 5.69 Å². The summed E-state index contributed by atoms with van der Waals surface area (Å²) >= 11 is 0. The van der Waals surface area contributed by atoms with Crippen LogP contribution < -0.4 is 15.8 Å². The maximum absolute atomic E-state index is 11.4. The molecule has 0 radical (unpaired) electrons. The summed E-state index contributed by atoms with van der Waals surface area (Å²) in [5.41, 5.74) is 6.21. The second kappa shape index (κ2) is 3.95. The molecule has 1 aromatic carbocycles. The van der Waals surface area contributed by atoms with Crippen LogP contribution in [0, 0.1) is 0 Å². The van der Waals surface area contributed by atoms with Crippen LogP contribution >= 0.6 is 0 Å². The second-order valence-corrected chi connectivity index (χ2v) is 5.83. The van der Waals surface area contributed by atoms with Crippen molar-refractivity contribution in [3.05, 3.63) is 18.2 Å². The summed E-state index contributed by atoms with van der Waals surface area (Å²) in [6.45, 7) is 0.949. The smallest absolute Gasteiger partial charge is 0.175 e. The molecule has 0 aromatic heterocycles. The zero-order valence-electron chi connectivity index (χ0n) is 8.93. The van der Waals surface area contributed by atoms with E-state index < -0.39 is 9.84 Å². The zero-order chi connectivity index (χ0) is 11.8. The number of nitrogens with one attached hydrogen (secondary N) is 1. The number of hydrogen-bond donors (Lipinski definition) is 2. The third-order valence-corrected chi connectivity index (χ3v) is 3.57. The molecular formula is C10H14N2O3S. The first-order valence-electron chi connectivity index (χ1n) is 4.94. The molecule has 1 aromatic rings. The SMILES string of the molecule is CS(=O)(=O)c1ccc2c(c1)NC(CN)CO2. The average Bonchev–Trinajstić information content (AvgIpc) is 2.26. The third kappa shape index (κ3) is 2.12. The van der Waals surface area contributed by atoms with Gasteiger partial charge in [0, 0.05) is 12.8 Å². The molecular weight excluding hydrogens is 228 g/mol. The lowest BCUT2D eigenvalue weighted by Crippen LogP contribution is -2.37. The Bertz CT molecular complexity index is 499. The summed E-state index contributed by atoms with van der Waals surface area (Å²) in [7, 11) is -3.19. The topological polar surface area (TPSA) is 81.4 Å². The molecule has 3 N–H and O–H groups in total. The fraction of sp³-hybridized carbons (Fsp3) is 0.400. The number of anilines is 1. The van der Waals surface area contributed by atoms with E-state index in [-0.39, 0.29) is 10.9 Å². The molecule has 1 aliphatic heterocycles. The van der Waals surface area contributed by atoms with Gasteiger partial charge < -0.3 is 15.8 Å². The van der Waals surface area contributed by atoms with E-state index in [0.29, 0.717) is 24.6 Å². The summed E-state index contributed by atoms with van der Waals surface area (Å²) in [6, 6.07) is 4.80. The van der Waals surface area contributed by atoms with E-state index in [1.165, 1.54) is 6.26 Å². The van der Waals surface area contributed by atoms with Crippen LogP contribution in [0.3, 0.4) is 0 Å². The zero-order valence-corrected chi connectivity index (χ0v) is 9.75. The average molecular weight is 242 g/mol. The summed E-state index contributed by atoms with van der Waals surface area (Å²) in [4.78, 5) is 0.278. The van der Waals surface area contributed by atoms with Crippen molar-refractivity contribution in [2.75, 3.05) is 24.7 Å². The Labute approximate surface area is 94.5 Å². The van der Waals surface area contributed by atoms with Crippen molar-refractivity contribution in [2.45, 2.75) is 10.9 Å². The first-order chi connectivity index (χ1) is 7.50. The minimum absolute atomic E-state index is 0.0299. The predicted octanol–water partition coefficient (Wildman–Crippen LogP) is 0.222. The lowest BCUT2D eigenvalue weighted by molar-refractivity contribution is 0.286. The standard InChI is InChI=1S/C10H14N2O3S/c1-16(13,14)8-2-3-10-9(4-8)12-7(5-11)6-15-10/h2-4,7,12H,5-6,11H2,1H3. The number of fused-ring (bicyclic) bond motifs is 1. The summed E-state index contributed by atoms with van der Waals surface area (Å²) in [5, 5.41) is 3.14. The van der Waals surface area contributed by atoms with Crippen molar-refractivity contribution in [1.29, 1.82) is 0 Å². The highest BCUT2D eigenvalue weighted by molar-refractivity contribution is 7.90. The van der Waals surface area contributed by atoms with Gasteiger partial charge in [-0.3, -0.25) is 0 Å². The molecule has 0 aliphatic carbocycles. The number of sulfone groups is 1. The second-order valence-electron chi connectivity index (χ2n) is 3.82. The molecule has 0 saturated heterocycles. The predicted molar refractivity (Wildman–Crippen MR) is 61.5 cm³/mol. The minimum atomic E-state index is -3.19. The van der Waals surface area contributed by atoms with Crippen molar-refractivity contribution in [3.63, 3.8) is 0 Å². The van der Waals surface area contributed by atoms with Gasteiger partial charge in [0.1, 0.15) is 12.4 Å². The first-order valence-corrected chi connectivity index (χ1v) is 6.83. The fourth-order valence-corrected chi connectivity index (χ4v) is 2.20. The van der Waals surface area contributed by atoms with Gasteiger partial charge in [0.15, 0.2) is 9.84 Å². The van der Waals surface area contributed by atoms with Crippen molar-refractivity contribution in [1.82, 2.24) is 0 Å². The molecule has 0 saturated carbocycles. The van der Waals surface area contributed by atoms with Crippen molar-refractivity contribution in [3.8, 4) is 5.75 Å². The molecule has 1 atom stereocenters. The maximum atomic E-state index is 11.4. The van der Waals surface area contributed by atoms with Gasteiger partial charge >= 0.3 is 0 Å². The molecule has 0 bridgehead atoms. The van der Waals surface area contributed by atoms with E-state index in [1.807, 2.05) is 0 Å². The Kier molecular flexibility index (Phi) is 2.77. The highest BCUT2D eigenvalue weighted by atomic mass is 32.2. The Hall–Kier alpha value is -1.27. The minimum Gasteiger partial charge on any atom is -0.489 e. The van der Waals surface area contributed by atoms with Crippen molar-refractivity contribution in [2.24, 2.45) is 5.73 Å². The van der Waals surface area contributed by atoms with E-state index in [1.54, 1.807) is 18.2 Å². The van der Waals surface area contributed by atoms with Gasteiger partial charge in [0.25, 0.3) is 0 Å². The van der Waals surface area contributed by atoms with Crippen LogP contribution in [0.15, 0.2) is 23.1 Å². The monoisotopic (exact) mass is 242 g/mol. The number of hydrogen-bond acceptors (Lipinski definition) is 5. The molecule has 2 rings (SSSR count). The maximum Gasteiger partial charge on any atom is 0.175 e. The molecule has 0 spiro atoms. The molecule has 16 heavy (non-hydrogen) atoms. The summed E-state index contributed by atoms with van der Waals surface area (Å²) < 4.78 is 28.2. The lowest BCUT2D eigenvalue weighted by atomic mass is 10.2. The highest BCUT2D eigenvalue weighted by Crippen LogP contribution is 2.30. The van der Waals surface area contributed by atoms with E-state index >= 15 is 0 Å². The Balaban J connectivity index is 2.38. The number of benzene rings is 1. The Morgan fingerprint density at radius 3 is 2.94 bits per heavy atom. The van der Waals surface area contributed by atoms with Gasteiger partial charge in [-0.15, -0.1) is 0 Å². The Morgan fingerprint density at radius 1 is 1.56 bits per heavy atom. The van der Waals surface area contributed by atoms with E-state index in [0.717, 1.165) is 0 Å². The number of rotatable bonds is 2. The van der Waals surface area contributed by atoms with Crippen LogP contribution in [0.2, 0.25) is 0 Å². The van der Waals surface area contributed by atoms with Crippen LogP contribution in [-0.4, -0.2) is 33.9 Å². The van der Waals surface area contributed by atoms with E-state index in [9.17, 15) is 8.42 Å². The molecule has 1 heterocycles. The van der Waals surface area contributed by atoms with Gasteiger partial charge in [0.2, 0.25) is 0 Å². The van der Waals surface area contributed by atoms with E-state index in [4.69, 9.17) is 10.5 Å². The van der Waals surface area contributed by atoms with Crippen molar-refractivity contribution >= 4 is 15.5 Å². The third-order valence-electron chi connectivity index (χ3n) is 2.46. The fourth-order valence-electron chi connectivity index (χ4n) is 1.56. The molecule has 88 valence electrons. The molecule has 5 nitrogen and oxygen atoms in total. The largest absolute Gasteiger partial charge is 0.489 e. The summed E-state index contributed by atoms with van der Waals surface area (Å²) in [6.07, 6.45) is 1.18. The molecule has 1 aliphatic rings. The van der Waals surface area contributed by atoms with Crippen LogP contribution in [0.1, 0.15) is 0 Å². The first kappa shape index (κ1) is 11.2. The van der Waals surface area contributed by atoms with Gasteiger partial charge in [-0.1, -0.05) is 0 Å². The van der Waals surface area contributed by atoms with Crippen LogP contribution in [0.25, 0.3) is 0 Å². The van der Waals surface area contributed by atoms with Gasteiger partial charge in [-0.05, 0) is 18.2 Å². The molecule has 0 fully saturated rings. The van der Waals surface area contributed by atoms with Crippen LogP contribution in [-0.2, 0) is 9.84 Å². The summed E-state index contributed by atoms with van der Waals surface area (Å²) in [5.74, 6) is 0.664. The lowest BCUT2D eigenvalue weighted by Gasteiger charge is -2.26. The van der Waals surface area contributed by atoms with Crippen molar-refractivity contribution < 1.29 is 13.2 Å². The number of nitrogens with two attached hydrogens (primary N) is 1. The quantitative estimate of drug-likeness (QED) is 0.775. The van der Waals surface area contributed by atoms with E-state index in [2.05, 4.69) is 5.32 Å². The van der Waals surface area contributed by atoms with Gasteiger partial charge in [0.05, 0.1) is 16.6 Å². The Morgan fingerprint density at radius 2 is 2.31 bits per heavy atom. The van der Waals surface area contributed by atoms with Gasteiger partial charge in [-0.2, -0.15) is 0 Å². The van der Waals surface area contributed by atoms with Gasteiger partial charge in [-0.25, -0.2) is 8.42 Å². The van der Waals surface area contributed by atoms with Crippen LogP contribution in [0.5, 0.6) is 5.75 Å². The normalized spacial score (nSPS) is 19.5.